The first-order valence-corrected chi connectivity index (χ1v) is 6.04. The highest BCUT2D eigenvalue weighted by Crippen LogP contribution is 2.17. The molecule has 1 aliphatic heterocycles. The van der Waals surface area contributed by atoms with Gasteiger partial charge in [-0.1, -0.05) is 12.1 Å². The average Bonchev–Trinajstić information content (AvgIpc) is 2.78. The molecule has 1 aromatic heterocycles. The van der Waals surface area contributed by atoms with Gasteiger partial charge in [-0.05, 0) is 31.8 Å². The van der Waals surface area contributed by atoms with Crippen LogP contribution in [0, 0.1) is 5.92 Å². The van der Waals surface area contributed by atoms with Crippen molar-refractivity contribution in [2.75, 3.05) is 19.6 Å². The van der Waals surface area contributed by atoms with Crippen LogP contribution in [-0.2, 0) is 6.54 Å². The number of aromatic carboxylic acids is 1. The SMILES string of the molecule is CCN1CCCC(Cn2cc(C(=O)O)nn2)C1. The van der Waals surface area contributed by atoms with Gasteiger partial charge in [0.15, 0.2) is 5.69 Å². The van der Waals surface area contributed by atoms with E-state index >= 15 is 0 Å². The normalized spacial score (nSPS) is 21.6. The Balaban J connectivity index is 1.93. The molecule has 0 spiro atoms. The quantitative estimate of drug-likeness (QED) is 0.836. The Kier molecular flexibility index (Phi) is 3.73. The first-order valence-electron chi connectivity index (χ1n) is 6.04. The summed E-state index contributed by atoms with van der Waals surface area (Å²) in [5.41, 5.74) is 0.0214. The number of hydrogen-bond donors (Lipinski definition) is 1. The number of nitrogens with zero attached hydrogens (tertiary/aromatic N) is 4. The van der Waals surface area contributed by atoms with E-state index in [1.165, 1.54) is 25.6 Å². The topological polar surface area (TPSA) is 71.2 Å². The lowest BCUT2D eigenvalue weighted by Crippen LogP contribution is -2.36. The predicted octanol–water partition coefficient (Wildman–Crippen LogP) is 0.708. The van der Waals surface area contributed by atoms with Crippen LogP contribution in [0.15, 0.2) is 6.20 Å². The van der Waals surface area contributed by atoms with Crippen molar-refractivity contribution in [1.29, 1.82) is 0 Å². The fourth-order valence-corrected chi connectivity index (χ4v) is 2.34. The molecule has 1 atom stereocenters. The van der Waals surface area contributed by atoms with Crippen LogP contribution < -0.4 is 0 Å². The number of carboxylic acid groups (broad SMARTS) is 1. The number of rotatable bonds is 4. The molecule has 1 N–H and O–H groups in total. The van der Waals surface area contributed by atoms with Crippen LogP contribution in [0.25, 0.3) is 0 Å². The van der Waals surface area contributed by atoms with Crippen LogP contribution in [0.2, 0.25) is 0 Å². The van der Waals surface area contributed by atoms with Crippen LogP contribution in [0.4, 0.5) is 0 Å². The van der Waals surface area contributed by atoms with Gasteiger partial charge in [0.05, 0.1) is 6.20 Å². The molecule has 6 heteroatoms. The summed E-state index contributed by atoms with van der Waals surface area (Å²) >= 11 is 0. The van der Waals surface area contributed by atoms with E-state index in [1.807, 2.05) is 0 Å². The first kappa shape index (κ1) is 12.0. The van der Waals surface area contributed by atoms with E-state index < -0.39 is 5.97 Å². The summed E-state index contributed by atoms with van der Waals surface area (Å²) < 4.78 is 1.65. The Hall–Kier alpha value is -1.43. The molecule has 17 heavy (non-hydrogen) atoms. The molecule has 1 saturated heterocycles. The van der Waals surface area contributed by atoms with Crippen molar-refractivity contribution in [2.45, 2.75) is 26.3 Å². The second kappa shape index (κ2) is 5.27. The van der Waals surface area contributed by atoms with E-state index in [2.05, 4.69) is 22.1 Å². The van der Waals surface area contributed by atoms with Crippen LogP contribution in [0.3, 0.4) is 0 Å². The zero-order valence-electron chi connectivity index (χ0n) is 10.0. The van der Waals surface area contributed by atoms with E-state index in [1.54, 1.807) is 4.68 Å². The van der Waals surface area contributed by atoms with Gasteiger partial charge in [0.1, 0.15) is 0 Å². The summed E-state index contributed by atoms with van der Waals surface area (Å²) in [5.74, 6) is -0.470. The molecule has 0 radical (unpaired) electrons. The van der Waals surface area contributed by atoms with E-state index in [0.717, 1.165) is 19.6 Å². The number of piperidine rings is 1. The van der Waals surface area contributed by atoms with Crippen molar-refractivity contribution in [3.05, 3.63) is 11.9 Å². The van der Waals surface area contributed by atoms with Gasteiger partial charge in [-0.25, -0.2) is 4.79 Å². The summed E-state index contributed by atoms with van der Waals surface area (Å²) in [6, 6.07) is 0. The molecule has 1 aromatic rings. The molecule has 0 saturated carbocycles. The Morgan fingerprint density at radius 3 is 3.12 bits per heavy atom. The minimum Gasteiger partial charge on any atom is -0.476 e. The van der Waals surface area contributed by atoms with Crippen molar-refractivity contribution in [3.63, 3.8) is 0 Å². The number of likely N-dealkylation sites (tertiary alicyclic amines) is 1. The summed E-state index contributed by atoms with van der Waals surface area (Å²) in [5, 5.41) is 16.2. The van der Waals surface area contributed by atoms with Crippen molar-refractivity contribution < 1.29 is 9.90 Å². The minimum absolute atomic E-state index is 0.0214. The lowest BCUT2D eigenvalue weighted by Gasteiger charge is -2.31. The van der Waals surface area contributed by atoms with Gasteiger partial charge < -0.3 is 10.0 Å². The van der Waals surface area contributed by atoms with Crippen molar-refractivity contribution >= 4 is 5.97 Å². The molecule has 1 aliphatic rings. The number of carbonyl (C=O) groups is 1. The molecule has 0 bridgehead atoms. The monoisotopic (exact) mass is 238 g/mol. The van der Waals surface area contributed by atoms with Crippen LogP contribution >= 0.6 is 0 Å². The van der Waals surface area contributed by atoms with Gasteiger partial charge in [-0.2, -0.15) is 0 Å². The maximum absolute atomic E-state index is 10.7. The summed E-state index contributed by atoms with van der Waals surface area (Å²) in [6.45, 7) is 6.24. The van der Waals surface area contributed by atoms with E-state index in [-0.39, 0.29) is 5.69 Å². The van der Waals surface area contributed by atoms with Gasteiger partial charge in [-0.3, -0.25) is 4.68 Å². The second-order valence-electron chi connectivity index (χ2n) is 4.53. The molecule has 1 fully saturated rings. The van der Waals surface area contributed by atoms with E-state index in [0.29, 0.717) is 5.92 Å². The molecule has 0 aromatic carbocycles. The molecule has 6 nitrogen and oxygen atoms in total. The fraction of sp³-hybridized carbons (Fsp3) is 0.727. The lowest BCUT2D eigenvalue weighted by molar-refractivity contribution is 0.0690. The standard InChI is InChI=1S/C11H18N4O2/c1-2-14-5-3-4-9(6-14)7-15-8-10(11(16)17)12-13-15/h8-9H,2-7H2,1H3,(H,16,17). The van der Waals surface area contributed by atoms with Crippen molar-refractivity contribution in [2.24, 2.45) is 5.92 Å². The molecule has 2 rings (SSSR count). The molecule has 2 heterocycles. The smallest absolute Gasteiger partial charge is 0.358 e. The molecule has 0 aliphatic carbocycles. The zero-order valence-corrected chi connectivity index (χ0v) is 10.0. The van der Waals surface area contributed by atoms with Gasteiger partial charge in [-0.15, -0.1) is 5.10 Å². The third-order valence-corrected chi connectivity index (χ3v) is 3.25. The van der Waals surface area contributed by atoms with E-state index in [9.17, 15) is 4.79 Å². The summed E-state index contributed by atoms with van der Waals surface area (Å²) in [6.07, 6.45) is 3.89. The van der Waals surface area contributed by atoms with Crippen LogP contribution in [0.5, 0.6) is 0 Å². The summed E-state index contributed by atoms with van der Waals surface area (Å²) in [7, 11) is 0. The van der Waals surface area contributed by atoms with E-state index in [4.69, 9.17) is 5.11 Å². The second-order valence-corrected chi connectivity index (χ2v) is 4.53. The van der Waals surface area contributed by atoms with Gasteiger partial charge >= 0.3 is 5.97 Å². The highest BCUT2D eigenvalue weighted by molar-refractivity contribution is 5.84. The van der Waals surface area contributed by atoms with Gasteiger partial charge in [0.25, 0.3) is 0 Å². The first-order chi connectivity index (χ1) is 8.19. The third-order valence-electron chi connectivity index (χ3n) is 3.25. The molecular weight excluding hydrogens is 220 g/mol. The van der Waals surface area contributed by atoms with Crippen molar-refractivity contribution in [1.82, 2.24) is 19.9 Å². The van der Waals surface area contributed by atoms with Crippen molar-refractivity contribution in [3.8, 4) is 0 Å². The number of hydrogen-bond acceptors (Lipinski definition) is 4. The summed E-state index contributed by atoms with van der Waals surface area (Å²) in [4.78, 5) is 13.1. The molecule has 94 valence electrons. The Morgan fingerprint density at radius 2 is 2.47 bits per heavy atom. The zero-order chi connectivity index (χ0) is 12.3. The predicted molar refractivity (Wildman–Crippen MR) is 61.8 cm³/mol. The average molecular weight is 238 g/mol. The Morgan fingerprint density at radius 1 is 1.65 bits per heavy atom. The third kappa shape index (κ3) is 3.03. The molecule has 1 unspecified atom stereocenters. The fourth-order valence-electron chi connectivity index (χ4n) is 2.34. The lowest BCUT2D eigenvalue weighted by atomic mass is 9.98. The van der Waals surface area contributed by atoms with Crippen LogP contribution in [0.1, 0.15) is 30.3 Å². The molecular formula is C11H18N4O2. The highest BCUT2D eigenvalue weighted by atomic mass is 16.4. The molecule has 0 amide bonds. The number of carboxylic acids is 1. The maximum atomic E-state index is 10.7. The van der Waals surface area contributed by atoms with Gasteiger partial charge in [0.2, 0.25) is 0 Å². The Labute approximate surface area is 100 Å². The maximum Gasteiger partial charge on any atom is 0.358 e. The minimum atomic E-state index is -1.02. The van der Waals surface area contributed by atoms with Gasteiger partial charge in [0, 0.05) is 13.1 Å². The van der Waals surface area contributed by atoms with Crippen LogP contribution in [-0.4, -0.2) is 50.6 Å². The Bertz CT molecular complexity index is 391. The highest BCUT2D eigenvalue weighted by Gasteiger charge is 2.20. The number of aromatic nitrogens is 3. The largest absolute Gasteiger partial charge is 0.476 e.